The van der Waals surface area contributed by atoms with Crippen LogP contribution >= 0.6 is 23.9 Å². The van der Waals surface area contributed by atoms with E-state index in [9.17, 15) is 0 Å². The Morgan fingerprint density at radius 1 is 0.944 bits per heavy atom. The van der Waals surface area contributed by atoms with Crippen LogP contribution in [0.1, 0.15) is 53.4 Å². The summed E-state index contributed by atoms with van der Waals surface area (Å²) >= 11 is 3.54. The Morgan fingerprint density at radius 2 is 1.39 bits per heavy atom. The number of rotatable bonds is 7. The zero-order valence-corrected chi connectivity index (χ0v) is 14.6. The summed E-state index contributed by atoms with van der Waals surface area (Å²) in [7, 11) is -0.0232. The topological polar surface area (TPSA) is 0 Å². The zero-order valence-electron chi connectivity index (χ0n) is 12.1. The number of halogens is 1. The molecule has 0 radical (unpaired) electrons. The fourth-order valence-corrected chi connectivity index (χ4v) is 6.39. The predicted molar refractivity (Wildman–Crippen MR) is 89.4 cm³/mol. The van der Waals surface area contributed by atoms with Crippen molar-refractivity contribution in [1.29, 1.82) is 0 Å². The molecule has 0 spiro atoms. The van der Waals surface area contributed by atoms with Gasteiger partial charge in [0.2, 0.25) is 0 Å². The highest BCUT2D eigenvalue weighted by atomic mass is 79.9. The maximum atomic E-state index is 3.54. The predicted octanol–water partition coefficient (Wildman–Crippen LogP) is 5.93. The fourth-order valence-electron chi connectivity index (χ4n) is 2.67. The van der Waals surface area contributed by atoms with E-state index in [1.165, 1.54) is 30.2 Å². The van der Waals surface area contributed by atoms with E-state index in [1.807, 2.05) is 0 Å². The van der Waals surface area contributed by atoms with Crippen LogP contribution in [0.5, 0.6) is 0 Å². The second kappa shape index (κ2) is 8.33. The summed E-state index contributed by atoms with van der Waals surface area (Å²) in [4.78, 5) is 0. The van der Waals surface area contributed by atoms with Crippen molar-refractivity contribution in [2.75, 3.05) is 0 Å². The third-order valence-corrected chi connectivity index (χ3v) is 7.33. The molecule has 0 bridgehead atoms. The maximum Gasteiger partial charge on any atom is 0.0175 e. The van der Waals surface area contributed by atoms with Crippen LogP contribution in [0.25, 0.3) is 0 Å². The molecule has 0 amide bonds. The molecule has 2 heteroatoms. The third kappa shape index (κ3) is 4.67. The smallest absolute Gasteiger partial charge is 0.0175 e. The Kier molecular flexibility index (Phi) is 7.49. The molecule has 0 saturated carbocycles. The van der Waals surface area contributed by atoms with Crippen molar-refractivity contribution < 1.29 is 0 Å². The van der Waals surface area contributed by atoms with Gasteiger partial charge in [0.1, 0.15) is 0 Å². The Morgan fingerprint density at radius 3 is 1.78 bits per heavy atom. The molecule has 0 aliphatic heterocycles. The quantitative estimate of drug-likeness (QED) is 0.544. The molecule has 0 aromatic heterocycles. The van der Waals surface area contributed by atoms with Crippen LogP contribution in [-0.2, 0) is 0 Å². The SMILES string of the molecule is CCCC(C)P(c1ccc(Br)cc1)C(C)CCC. The molecule has 1 rings (SSSR count). The van der Waals surface area contributed by atoms with Gasteiger partial charge in [-0.2, -0.15) is 0 Å². The lowest BCUT2D eigenvalue weighted by molar-refractivity contribution is 0.741. The molecule has 2 atom stereocenters. The molecule has 0 aliphatic carbocycles. The van der Waals surface area contributed by atoms with Gasteiger partial charge in [-0.05, 0) is 41.6 Å². The van der Waals surface area contributed by atoms with Crippen LogP contribution in [-0.4, -0.2) is 11.3 Å². The first kappa shape index (κ1) is 16.2. The zero-order chi connectivity index (χ0) is 13.5. The van der Waals surface area contributed by atoms with Gasteiger partial charge in [0.15, 0.2) is 0 Å². The molecule has 1 aromatic rings. The van der Waals surface area contributed by atoms with Gasteiger partial charge in [-0.3, -0.25) is 0 Å². The molecule has 0 N–H and O–H groups in total. The molecule has 1 aromatic carbocycles. The van der Waals surface area contributed by atoms with Crippen LogP contribution in [0.2, 0.25) is 0 Å². The van der Waals surface area contributed by atoms with Crippen molar-refractivity contribution in [2.24, 2.45) is 0 Å². The largest absolute Gasteiger partial charge is 0.0695 e. The average molecular weight is 329 g/mol. The van der Waals surface area contributed by atoms with E-state index in [-0.39, 0.29) is 7.92 Å². The van der Waals surface area contributed by atoms with Gasteiger partial charge in [-0.15, -0.1) is 0 Å². The highest BCUT2D eigenvalue weighted by Crippen LogP contribution is 2.48. The highest BCUT2D eigenvalue weighted by molar-refractivity contribution is 9.10. The van der Waals surface area contributed by atoms with Gasteiger partial charge in [0.05, 0.1) is 0 Å². The normalized spacial score (nSPS) is 16.3. The van der Waals surface area contributed by atoms with Gasteiger partial charge in [0.25, 0.3) is 0 Å². The molecule has 0 nitrogen and oxygen atoms in total. The second-order valence-electron chi connectivity index (χ2n) is 5.16. The molecular weight excluding hydrogens is 303 g/mol. The van der Waals surface area contributed by atoms with Crippen molar-refractivity contribution >= 4 is 29.2 Å². The van der Waals surface area contributed by atoms with E-state index in [1.54, 1.807) is 5.30 Å². The molecule has 18 heavy (non-hydrogen) atoms. The summed E-state index contributed by atoms with van der Waals surface area (Å²) in [6, 6.07) is 9.05. The van der Waals surface area contributed by atoms with Gasteiger partial charge in [-0.1, -0.05) is 76.5 Å². The molecular formula is C16H26BrP. The fraction of sp³-hybridized carbons (Fsp3) is 0.625. The maximum absolute atomic E-state index is 3.54. The van der Waals surface area contributed by atoms with Gasteiger partial charge >= 0.3 is 0 Å². The second-order valence-corrected chi connectivity index (χ2v) is 9.17. The molecule has 0 fully saturated rings. The molecule has 2 unspecified atom stereocenters. The Bertz CT molecular complexity index is 321. The van der Waals surface area contributed by atoms with Gasteiger partial charge in [0, 0.05) is 4.47 Å². The first-order chi connectivity index (χ1) is 8.60. The molecule has 0 aliphatic rings. The van der Waals surface area contributed by atoms with Crippen LogP contribution < -0.4 is 5.30 Å². The van der Waals surface area contributed by atoms with E-state index in [0.717, 1.165) is 11.3 Å². The minimum absolute atomic E-state index is 0.0232. The number of hydrogen-bond acceptors (Lipinski definition) is 0. The molecule has 0 heterocycles. The number of benzene rings is 1. The molecule has 102 valence electrons. The van der Waals surface area contributed by atoms with Crippen molar-refractivity contribution in [3.63, 3.8) is 0 Å². The van der Waals surface area contributed by atoms with E-state index >= 15 is 0 Å². The first-order valence-electron chi connectivity index (χ1n) is 7.14. The average Bonchev–Trinajstić information content (AvgIpc) is 2.33. The highest BCUT2D eigenvalue weighted by Gasteiger charge is 2.23. The summed E-state index contributed by atoms with van der Waals surface area (Å²) in [5.41, 5.74) is 1.68. The standard InChI is InChI=1S/C16H26BrP/c1-5-7-13(3)18(14(4)8-6-2)16-11-9-15(17)10-12-16/h9-14H,5-8H2,1-4H3. The van der Waals surface area contributed by atoms with Gasteiger partial charge in [-0.25, -0.2) is 0 Å². The summed E-state index contributed by atoms with van der Waals surface area (Å²) in [5.74, 6) is 0. The summed E-state index contributed by atoms with van der Waals surface area (Å²) in [5, 5.41) is 1.58. The Labute approximate surface area is 122 Å². The van der Waals surface area contributed by atoms with E-state index in [4.69, 9.17) is 0 Å². The third-order valence-electron chi connectivity index (χ3n) is 3.49. The summed E-state index contributed by atoms with van der Waals surface area (Å²) in [6.07, 6.45) is 5.32. The summed E-state index contributed by atoms with van der Waals surface area (Å²) in [6.45, 7) is 9.50. The monoisotopic (exact) mass is 328 g/mol. The van der Waals surface area contributed by atoms with Crippen molar-refractivity contribution in [3.8, 4) is 0 Å². The van der Waals surface area contributed by atoms with Crippen LogP contribution in [0.15, 0.2) is 28.7 Å². The van der Waals surface area contributed by atoms with Crippen molar-refractivity contribution in [2.45, 2.75) is 64.7 Å². The van der Waals surface area contributed by atoms with E-state index in [2.05, 4.69) is 67.9 Å². The van der Waals surface area contributed by atoms with E-state index < -0.39 is 0 Å². The Hall–Kier alpha value is 0.130. The molecule has 0 saturated heterocycles. The minimum atomic E-state index is -0.0232. The van der Waals surface area contributed by atoms with Crippen LogP contribution in [0, 0.1) is 0 Å². The van der Waals surface area contributed by atoms with E-state index in [0.29, 0.717) is 0 Å². The lowest BCUT2D eigenvalue weighted by Crippen LogP contribution is -2.18. The Balaban J connectivity index is 2.91. The van der Waals surface area contributed by atoms with Crippen LogP contribution in [0.3, 0.4) is 0 Å². The van der Waals surface area contributed by atoms with Crippen LogP contribution in [0.4, 0.5) is 0 Å². The number of hydrogen-bond donors (Lipinski definition) is 0. The van der Waals surface area contributed by atoms with Gasteiger partial charge < -0.3 is 0 Å². The van der Waals surface area contributed by atoms with Crippen molar-refractivity contribution in [1.82, 2.24) is 0 Å². The lowest BCUT2D eigenvalue weighted by atomic mass is 10.3. The lowest BCUT2D eigenvalue weighted by Gasteiger charge is -2.31. The first-order valence-corrected chi connectivity index (χ1v) is 9.41. The van der Waals surface area contributed by atoms with Crippen molar-refractivity contribution in [3.05, 3.63) is 28.7 Å². The minimum Gasteiger partial charge on any atom is -0.0695 e. The summed E-state index contributed by atoms with van der Waals surface area (Å²) < 4.78 is 1.19.